The maximum Gasteiger partial charge on any atom is 0.288 e. The van der Waals surface area contributed by atoms with Gasteiger partial charge in [-0.15, -0.1) is 0 Å². The quantitative estimate of drug-likeness (QED) is 0.489. The summed E-state index contributed by atoms with van der Waals surface area (Å²) in [4.78, 5) is 4.52. The van der Waals surface area contributed by atoms with Crippen molar-refractivity contribution in [3.8, 4) is 0 Å². The molecule has 1 aromatic carbocycles. The van der Waals surface area contributed by atoms with Crippen molar-refractivity contribution in [1.29, 1.82) is 0 Å². The molecule has 0 bridgehead atoms. The number of thioether (sulfide) groups is 1. The summed E-state index contributed by atoms with van der Waals surface area (Å²) >= 11 is 0.482. The van der Waals surface area contributed by atoms with E-state index < -0.39 is 5.76 Å². The zero-order valence-electron chi connectivity index (χ0n) is 8.28. The fourth-order valence-electron chi connectivity index (χ4n) is 0.979. The minimum atomic E-state index is -2.44. The predicted molar refractivity (Wildman–Crippen MR) is 59.9 cm³/mol. The summed E-state index contributed by atoms with van der Waals surface area (Å²) < 4.78 is 24.4. The monoisotopic (exact) mass is 230 g/mol. The minimum Gasteiger partial charge on any atom is -0.387 e. The Morgan fingerprint density at radius 1 is 1.47 bits per heavy atom. The van der Waals surface area contributed by atoms with Crippen molar-refractivity contribution in [1.82, 2.24) is 0 Å². The van der Waals surface area contributed by atoms with Crippen LogP contribution in [0.2, 0.25) is 0 Å². The number of hydrogen-bond donors (Lipinski definition) is 1. The van der Waals surface area contributed by atoms with Gasteiger partial charge in [0.15, 0.2) is 0 Å². The number of nitrogens with zero attached hydrogens (tertiary/aromatic N) is 1. The largest absolute Gasteiger partial charge is 0.387 e. The normalized spacial score (nSPS) is 12.1. The molecule has 0 aliphatic rings. The minimum absolute atomic E-state index is 0.442. The van der Waals surface area contributed by atoms with Gasteiger partial charge in [-0.3, -0.25) is 0 Å². The number of benzene rings is 1. The zero-order valence-corrected chi connectivity index (χ0v) is 9.10. The molecule has 82 valence electrons. The van der Waals surface area contributed by atoms with E-state index in [4.69, 9.17) is 5.73 Å². The first-order valence-electron chi connectivity index (χ1n) is 4.50. The summed E-state index contributed by atoms with van der Waals surface area (Å²) in [5.41, 5.74) is 6.06. The SMILES string of the molecule is CCC(N)=Nc1ccccc1SC(F)F. The van der Waals surface area contributed by atoms with Crippen molar-refractivity contribution in [3.63, 3.8) is 0 Å². The van der Waals surface area contributed by atoms with Crippen molar-refractivity contribution >= 4 is 23.3 Å². The Bertz CT molecular complexity index is 353. The molecule has 0 fully saturated rings. The second kappa shape index (κ2) is 5.70. The van der Waals surface area contributed by atoms with E-state index in [0.29, 0.717) is 34.6 Å². The third kappa shape index (κ3) is 3.87. The summed E-state index contributed by atoms with van der Waals surface area (Å²) in [6.07, 6.45) is 0.605. The van der Waals surface area contributed by atoms with Gasteiger partial charge in [-0.1, -0.05) is 30.8 Å². The Balaban J connectivity index is 2.96. The van der Waals surface area contributed by atoms with Gasteiger partial charge in [-0.05, 0) is 12.1 Å². The van der Waals surface area contributed by atoms with Gasteiger partial charge in [0.25, 0.3) is 5.76 Å². The number of alkyl halides is 2. The molecule has 1 rings (SSSR count). The van der Waals surface area contributed by atoms with Gasteiger partial charge in [0.1, 0.15) is 0 Å². The highest BCUT2D eigenvalue weighted by atomic mass is 32.2. The van der Waals surface area contributed by atoms with Crippen molar-refractivity contribution in [3.05, 3.63) is 24.3 Å². The topological polar surface area (TPSA) is 38.4 Å². The Morgan fingerprint density at radius 3 is 2.73 bits per heavy atom. The van der Waals surface area contributed by atoms with Gasteiger partial charge < -0.3 is 5.73 Å². The molecular weight excluding hydrogens is 218 g/mol. The van der Waals surface area contributed by atoms with Crippen molar-refractivity contribution in [2.45, 2.75) is 24.0 Å². The molecule has 15 heavy (non-hydrogen) atoms. The molecule has 0 aliphatic carbocycles. The third-order valence-electron chi connectivity index (χ3n) is 1.71. The van der Waals surface area contributed by atoms with Gasteiger partial charge in [-0.2, -0.15) is 8.78 Å². The highest BCUT2D eigenvalue weighted by Gasteiger charge is 2.08. The fraction of sp³-hybridized carbons (Fsp3) is 0.300. The van der Waals surface area contributed by atoms with Crippen LogP contribution in [-0.2, 0) is 0 Å². The first-order valence-corrected chi connectivity index (χ1v) is 5.38. The van der Waals surface area contributed by atoms with Crippen molar-refractivity contribution in [2.75, 3.05) is 0 Å². The zero-order chi connectivity index (χ0) is 11.3. The molecule has 0 spiro atoms. The van der Waals surface area contributed by atoms with Crippen LogP contribution < -0.4 is 5.73 Å². The van der Waals surface area contributed by atoms with Crippen LogP contribution in [0.4, 0.5) is 14.5 Å². The molecule has 0 aliphatic heterocycles. The van der Waals surface area contributed by atoms with Gasteiger partial charge in [0.2, 0.25) is 0 Å². The summed E-state index contributed by atoms with van der Waals surface area (Å²) in [5, 5.41) is 0. The smallest absolute Gasteiger partial charge is 0.288 e. The molecular formula is C10H12F2N2S. The first-order chi connectivity index (χ1) is 7.13. The van der Waals surface area contributed by atoms with Gasteiger partial charge in [0.05, 0.1) is 11.5 Å². The van der Waals surface area contributed by atoms with Gasteiger partial charge >= 0.3 is 0 Å². The molecule has 5 heteroatoms. The molecule has 0 unspecified atom stereocenters. The van der Waals surface area contributed by atoms with Crippen LogP contribution in [-0.4, -0.2) is 11.6 Å². The lowest BCUT2D eigenvalue weighted by atomic mass is 10.3. The number of aliphatic imine (C=N–C) groups is 1. The lowest BCUT2D eigenvalue weighted by Crippen LogP contribution is -2.08. The maximum absolute atomic E-state index is 12.2. The Morgan fingerprint density at radius 2 is 2.13 bits per heavy atom. The summed E-state index contributed by atoms with van der Waals surface area (Å²) in [5.74, 6) is -2.00. The maximum atomic E-state index is 12.2. The van der Waals surface area contributed by atoms with Crippen LogP contribution in [0, 0.1) is 0 Å². The van der Waals surface area contributed by atoms with Crippen LogP contribution in [0.3, 0.4) is 0 Å². The number of halogens is 2. The molecule has 2 N–H and O–H groups in total. The predicted octanol–water partition coefficient (Wildman–Crippen LogP) is 3.40. The molecule has 0 saturated heterocycles. The Kier molecular flexibility index (Phi) is 4.55. The van der Waals surface area contributed by atoms with Crippen molar-refractivity contribution in [2.24, 2.45) is 10.7 Å². The second-order valence-corrected chi connectivity index (χ2v) is 3.83. The third-order valence-corrected chi connectivity index (χ3v) is 2.48. The van der Waals surface area contributed by atoms with E-state index in [-0.39, 0.29) is 0 Å². The van der Waals surface area contributed by atoms with Crippen LogP contribution in [0.5, 0.6) is 0 Å². The second-order valence-electron chi connectivity index (χ2n) is 2.80. The Labute approximate surface area is 91.6 Å². The molecule has 0 saturated carbocycles. The molecule has 0 heterocycles. The lowest BCUT2D eigenvalue weighted by molar-refractivity contribution is 0.252. The molecule has 0 radical (unpaired) electrons. The molecule has 2 nitrogen and oxygen atoms in total. The molecule has 1 aromatic rings. The average molecular weight is 230 g/mol. The number of rotatable bonds is 4. The fourth-order valence-corrected chi connectivity index (χ4v) is 1.56. The van der Waals surface area contributed by atoms with Crippen LogP contribution >= 0.6 is 11.8 Å². The van der Waals surface area contributed by atoms with Gasteiger partial charge in [0, 0.05) is 11.3 Å². The summed E-state index contributed by atoms with van der Waals surface area (Å²) in [6, 6.07) is 6.73. The number of nitrogens with two attached hydrogens (primary N) is 1. The van der Waals surface area contributed by atoms with Crippen LogP contribution in [0.15, 0.2) is 34.2 Å². The van der Waals surface area contributed by atoms with Crippen LogP contribution in [0.1, 0.15) is 13.3 Å². The first kappa shape index (κ1) is 12.0. The van der Waals surface area contributed by atoms with E-state index in [9.17, 15) is 8.78 Å². The van der Waals surface area contributed by atoms with Gasteiger partial charge in [-0.25, -0.2) is 4.99 Å². The lowest BCUT2D eigenvalue weighted by Gasteiger charge is -2.04. The Hall–Kier alpha value is -1.10. The summed E-state index contributed by atoms with van der Waals surface area (Å²) in [7, 11) is 0. The van der Waals surface area contributed by atoms with E-state index in [1.54, 1.807) is 24.3 Å². The molecule has 0 atom stereocenters. The summed E-state index contributed by atoms with van der Waals surface area (Å²) in [6.45, 7) is 1.86. The number of hydrogen-bond acceptors (Lipinski definition) is 2. The van der Waals surface area contributed by atoms with E-state index in [1.807, 2.05) is 6.92 Å². The molecule has 0 amide bonds. The number of amidine groups is 1. The van der Waals surface area contributed by atoms with E-state index >= 15 is 0 Å². The van der Waals surface area contributed by atoms with E-state index in [2.05, 4.69) is 4.99 Å². The highest BCUT2D eigenvalue weighted by molar-refractivity contribution is 7.99. The molecule has 0 aromatic heterocycles. The number of para-hydroxylation sites is 1. The van der Waals surface area contributed by atoms with E-state index in [0.717, 1.165) is 0 Å². The highest BCUT2D eigenvalue weighted by Crippen LogP contribution is 2.33. The van der Waals surface area contributed by atoms with Crippen LogP contribution in [0.25, 0.3) is 0 Å². The average Bonchev–Trinajstić information content (AvgIpc) is 2.20. The van der Waals surface area contributed by atoms with E-state index in [1.165, 1.54) is 0 Å². The van der Waals surface area contributed by atoms with Crippen molar-refractivity contribution < 1.29 is 8.78 Å². The standard InChI is InChI=1S/C10H12F2N2S/c1-2-9(13)14-7-5-3-4-6-8(7)15-10(11)12/h3-6,10H,2H2,1H3,(H2,13,14).